The third-order valence-corrected chi connectivity index (χ3v) is 3.55. The molecular weight excluding hydrogens is 363 g/mol. The highest BCUT2D eigenvalue weighted by atomic mass is 79.9. The minimum absolute atomic E-state index is 0.132. The lowest BCUT2D eigenvalue weighted by Crippen LogP contribution is -2.39. The lowest BCUT2D eigenvalue weighted by atomic mass is 10.1. The first-order chi connectivity index (χ1) is 10.2. The van der Waals surface area contributed by atoms with Gasteiger partial charge >= 0.3 is 6.18 Å². The second-order valence-electron chi connectivity index (χ2n) is 4.77. The number of aliphatic imine (C=N–C) groups is 1. The van der Waals surface area contributed by atoms with Crippen LogP contribution >= 0.6 is 15.9 Å². The lowest BCUT2D eigenvalue weighted by Gasteiger charge is -2.16. The molecule has 0 heterocycles. The molecular formula is C14H17BrF3N3O. The van der Waals surface area contributed by atoms with Crippen LogP contribution in [0.5, 0.6) is 0 Å². The number of alkyl halides is 4. The fraction of sp³-hybridized carbons (Fsp3) is 0.429. The van der Waals surface area contributed by atoms with Crippen LogP contribution in [0.3, 0.4) is 0 Å². The average molecular weight is 380 g/mol. The molecule has 0 amide bonds. The molecule has 0 aliphatic carbocycles. The van der Waals surface area contributed by atoms with E-state index in [0.717, 1.165) is 0 Å². The number of nitrogens with one attached hydrogen (secondary N) is 1. The third-order valence-electron chi connectivity index (χ3n) is 3.04. The van der Waals surface area contributed by atoms with Crippen molar-refractivity contribution in [2.24, 2.45) is 4.99 Å². The Labute approximate surface area is 135 Å². The van der Waals surface area contributed by atoms with Crippen LogP contribution in [0.2, 0.25) is 0 Å². The van der Waals surface area contributed by atoms with E-state index in [1.807, 2.05) is 0 Å². The first-order valence-electron chi connectivity index (χ1n) is 6.48. The number of carbonyl (C=O) groups excluding carboxylic acids is 1. The molecule has 0 spiro atoms. The predicted octanol–water partition coefficient (Wildman–Crippen LogP) is 3.48. The van der Waals surface area contributed by atoms with Gasteiger partial charge in [-0.15, -0.1) is 0 Å². The number of carbonyl (C=O) groups is 1. The van der Waals surface area contributed by atoms with Gasteiger partial charge in [0.2, 0.25) is 0 Å². The predicted molar refractivity (Wildman–Crippen MR) is 85.3 cm³/mol. The number of nitrogens with two attached hydrogens (primary N) is 1. The molecule has 0 fully saturated rings. The summed E-state index contributed by atoms with van der Waals surface area (Å²) in [5.41, 5.74) is 7.26. The summed E-state index contributed by atoms with van der Waals surface area (Å²) in [6, 6.07) is 4.25. The third kappa shape index (κ3) is 5.42. The highest BCUT2D eigenvalue weighted by molar-refractivity contribution is 9.09. The lowest BCUT2D eigenvalue weighted by molar-refractivity contribution is -0.125. The summed E-state index contributed by atoms with van der Waals surface area (Å²) in [5.74, 6) is -0.185. The Bertz CT molecular complexity index is 573. The number of halogens is 4. The minimum atomic E-state index is -4.28. The van der Waals surface area contributed by atoms with Crippen LogP contribution in [0.15, 0.2) is 23.2 Å². The molecule has 122 valence electrons. The van der Waals surface area contributed by atoms with Crippen molar-refractivity contribution in [1.29, 1.82) is 0 Å². The quantitative estimate of drug-likeness (QED) is 0.344. The Morgan fingerprint density at radius 2 is 2.09 bits per heavy atom. The maximum atomic E-state index is 12.2. The number of nitrogens with zero attached hydrogens (tertiary/aromatic N) is 1. The molecule has 1 unspecified atom stereocenters. The van der Waals surface area contributed by atoms with Crippen molar-refractivity contribution in [3.05, 3.63) is 23.8 Å². The Kier molecular flexibility index (Phi) is 6.55. The van der Waals surface area contributed by atoms with Crippen molar-refractivity contribution in [2.45, 2.75) is 26.1 Å². The van der Waals surface area contributed by atoms with Gasteiger partial charge in [0.1, 0.15) is 0 Å². The van der Waals surface area contributed by atoms with Gasteiger partial charge in [-0.25, -0.2) is 0 Å². The molecule has 0 saturated heterocycles. The second kappa shape index (κ2) is 7.73. The number of Topliss-reactive ketones (excluding diaryl/α,β-unsaturated/α-hetero) is 1. The largest absolute Gasteiger partial charge is 0.401 e. The van der Waals surface area contributed by atoms with E-state index in [2.05, 4.69) is 26.2 Å². The van der Waals surface area contributed by atoms with Crippen LogP contribution in [-0.2, 0) is 0 Å². The van der Waals surface area contributed by atoms with Crippen molar-refractivity contribution in [3.63, 3.8) is 0 Å². The van der Waals surface area contributed by atoms with E-state index >= 15 is 0 Å². The smallest absolute Gasteiger partial charge is 0.396 e. The zero-order valence-corrected chi connectivity index (χ0v) is 13.8. The Balaban J connectivity index is 2.94. The van der Waals surface area contributed by atoms with Gasteiger partial charge in [-0.2, -0.15) is 13.2 Å². The SMILES string of the molecule is CC(=Nc1cccc(C(=O)CBr)c1N)C(C)NCC(F)(F)F. The van der Waals surface area contributed by atoms with Gasteiger partial charge < -0.3 is 11.1 Å². The van der Waals surface area contributed by atoms with E-state index < -0.39 is 18.8 Å². The van der Waals surface area contributed by atoms with Crippen molar-refractivity contribution < 1.29 is 18.0 Å². The van der Waals surface area contributed by atoms with Crippen LogP contribution in [0.4, 0.5) is 24.5 Å². The van der Waals surface area contributed by atoms with Crippen LogP contribution in [0.25, 0.3) is 0 Å². The minimum Gasteiger partial charge on any atom is -0.396 e. The molecule has 3 N–H and O–H groups in total. The maximum absolute atomic E-state index is 12.2. The van der Waals surface area contributed by atoms with Crippen molar-refractivity contribution >= 4 is 38.8 Å². The van der Waals surface area contributed by atoms with Gasteiger partial charge in [-0.05, 0) is 26.0 Å². The van der Waals surface area contributed by atoms with Crippen molar-refractivity contribution in [1.82, 2.24) is 5.32 Å². The van der Waals surface area contributed by atoms with E-state index in [1.165, 1.54) is 0 Å². The molecule has 0 aliphatic rings. The number of para-hydroxylation sites is 1. The van der Waals surface area contributed by atoms with E-state index in [-0.39, 0.29) is 16.8 Å². The standard InChI is InChI=1S/C14H17BrF3N3O/c1-8(20-7-14(16,17)18)9(2)21-11-5-3-4-10(13(11)19)12(22)6-15/h3-5,8,20H,6-7,19H2,1-2H3. The molecule has 22 heavy (non-hydrogen) atoms. The number of hydrogen-bond acceptors (Lipinski definition) is 4. The number of rotatable bonds is 6. The fourth-order valence-corrected chi connectivity index (χ4v) is 1.97. The molecule has 8 heteroatoms. The van der Waals surface area contributed by atoms with Crippen LogP contribution in [-0.4, -0.2) is 35.6 Å². The monoisotopic (exact) mass is 379 g/mol. The maximum Gasteiger partial charge on any atom is 0.401 e. The fourth-order valence-electron chi connectivity index (χ4n) is 1.67. The molecule has 1 atom stereocenters. The van der Waals surface area contributed by atoms with E-state index in [4.69, 9.17) is 5.73 Å². The van der Waals surface area contributed by atoms with Crippen LogP contribution in [0, 0.1) is 0 Å². The summed E-state index contributed by atoms with van der Waals surface area (Å²) in [7, 11) is 0. The molecule has 1 rings (SSSR count). The van der Waals surface area contributed by atoms with Gasteiger partial charge in [0.05, 0.1) is 23.2 Å². The van der Waals surface area contributed by atoms with Gasteiger partial charge in [0, 0.05) is 17.3 Å². The summed E-state index contributed by atoms with van der Waals surface area (Å²) < 4.78 is 36.6. The zero-order chi connectivity index (χ0) is 16.9. The summed E-state index contributed by atoms with van der Waals surface area (Å²) in [6.45, 7) is 2.08. The molecule has 0 radical (unpaired) electrons. The number of anilines is 1. The zero-order valence-electron chi connectivity index (χ0n) is 12.2. The second-order valence-corrected chi connectivity index (χ2v) is 5.33. The molecule has 0 bridgehead atoms. The van der Waals surface area contributed by atoms with Crippen LogP contribution in [0.1, 0.15) is 24.2 Å². The number of hydrogen-bond donors (Lipinski definition) is 2. The first-order valence-corrected chi connectivity index (χ1v) is 7.61. The summed E-state index contributed by atoms with van der Waals surface area (Å²) in [6.07, 6.45) is -4.28. The average Bonchev–Trinajstić information content (AvgIpc) is 2.45. The summed E-state index contributed by atoms with van der Waals surface area (Å²) in [4.78, 5) is 15.9. The Hall–Kier alpha value is -1.41. The van der Waals surface area contributed by atoms with E-state index in [0.29, 0.717) is 17.0 Å². The number of benzene rings is 1. The van der Waals surface area contributed by atoms with Crippen LogP contribution < -0.4 is 11.1 Å². The normalized spacial score (nSPS) is 14.0. The number of nitrogen functional groups attached to an aromatic ring is 1. The van der Waals surface area contributed by atoms with Gasteiger partial charge in [-0.3, -0.25) is 9.79 Å². The summed E-state index contributed by atoms with van der Waals surface area (Å²) >= 11 is 3.07. The Morgan fingerprint density at radius 1 is 1.45 bits per heavy atom. The van der Waals surface area contributed by atoms with Crippen molar-refractivity contribution in [2.75, 3.05) is 17.6 Å². The van der Waals surface area contributed by atoms with Gasteiger partial charge in [-0.1, -0.05) is 22.0 Å². The molecule has 4 nitrogen and oxygen atoms in total. The van der Waals surface area contributed by atoms with E-state index in [9.17, 15) is 18.0 Å². The van der Waals surface area contributed by atoms with Crippen molar-refractivity contribution in [3.8, 4) is 0 Å². The first kappa shape index (κ1) is 18.6. The highest BCUT2D eigenvalue weighted by Crippen LogP contribution is 2.27. The molecule has 0 saturated carbocycles. The molecule has 0 aliphatic heterocycles. The Morgan fingerprint density at radius 3 is 2.64 bits per heavy atom. The topological polar surface area (TPSA) is 67.5 Å². The molecule has 1 aromatic rings. The summed E-state index contributed by atoms with van der Waals surface area (Å²) in [5, 5.41) is 2.47. The highest BCUT2D eigenvalue weighted by Gasteiger charge is 2.27. The van der Waals surface area contributed by atoms with Gasteiger partial charge in [0.15, 0.2) is 5.78 Å². The number of ketones is 1. The van der Waals surface area contributed by atoms with Gasteiger partial charge in [0.25, 0.3) is 0 Å². The molecule has 0 aromatic heterocycles. The van der Waals surface area contributed by atoms with E-state index in [1.54, 1.807) is 32.0 Å². The molecule has 1 aromatic carbocycles.